The summed E-state index contributed by atoms with van der Waals surface area (Å²) in [5.74, 6) is 0.0435. The minimum atomic E-state index is -0.869. The molecule has 1 amide bonds. The van der Waals surface area contributed by atoms with Crippen LogP contribution < -0.4 is 11.1 Å². The van der Waals surface area contributed by atoms with Crippen molar-refractivity contribution in [2.45, 2.75) is 51.1 Å². The summed E-state index contributed by atoms with van der Waals surface area (Å²) >= 11 is 0. The Hall–Kier alpha value is -1.37. The first-order valence-corrected chi connectivity index (χ1v) is 6.16. The summed E-state index contributed by atoms with van der Waals surface area (Å²) in [6.07, 6.45) is 3.27. The summed E-state index contributed by atoms with van der Waals surface area (Å²) in [6.45, 7) is 3.48. The maximum Gasteiger partial charge on any atom is 0.294 e. The monoisotopic (exact) mass is 259 g/mol. The third kappa shape index (κ3) is 4.87. The van der Waals surface area contributed by atoms with Crippen molar-refractivity contribution in [2.75, 3.05) is 6.61 Å². The standard InChI is InChI=1S/C11H21N3O4/c1-11(2,12)10(15)13-9-5-3-8(4-6-9)7-18-14(16)17/h8-9H,3-7,12H2,1-2H3,(H,13,15)/t8-,9-. The van der Waals surface area contributed by atoms with Crippen LogP contribution in [0.5, 0.6) is 0 Å². The Morgan fingerprint density at radius 1 is 1.44 bits per heavy atom. The molecule has 0 aromatic rings. The van der Waals surface area contributed by atoms with Gasteiger partial charge in [0, 0.05) is 6.04 Å². The number of nitrogens with two attached hydrogens (primary N) is 1. The molecule has 3 N–H and O–H groups in total. The highest BCUT2D eigenvalue weighted by Crippen LogP contribution is 2.24. The Balaban J connectivity index is 2.27. The lowest BCUT2D eigenvalue weighted by Crippen LogP contribution is -2.52. The molecule has 7 heteroatoms. The first-order chi connectivity index (χ1) is 8.29. The van der Waals surface area contributed by atoms with Gasteiger partial charge < -0.3 is 15.9 Å². The van der Waals surface area contributed by atoms with Crippen LogP contribution in [0.3, 0.4) is 0 Å². The number of rotatable bonds is 5. The zero-order valence-electron chi connectivity index (χ0n) is 10.8. The summed E-state index contributed by atoms with van der Waals surface area (Å²) in [5.41, 5.74) is 4.83. The smallest absolute Gasteiger partial charge is 0.294 e. The molecule has 0 unspecified atom stereocenters. The third-order valence-electron chi connectivity index (χ3n) is 3.18. The lowest BCUT2D eigenvalue weighted by atomic mass is 9.86. The van der Waals surface area contributed by atoms with Gasteiger partial charge in [-0.05, 0) is 45.4 Å². The summed E-state index contributed by atoms with van der Waals surface area (Å²) in [6, 6.07) is 0.118. The molecule has 7 nitrogen and oxygen atoms in total. The van der Waals surface area contributed by atoms with Gasteiger partial charge in [0.05, 0.1) is 12.1 Å². The number of nitrogens with one attached hydrogen (secondary N) is 1. The quantitative estimate of drug-likeness (QED) is 0.555. The Kier molecular flexibility index (Phi) is 4.89. The van der Waals surface area contributed by atoms with E-state index in [-0.39, 0.29) is 24.5 Å². The number of amides is 1. The van der Waals surface area contributed by atoms with Gasteiger partial charge in [0.1, 0.15) is 0 Å². The molecule has 0 bridgehead atoms. The van der Waals surface area contributed by atoms with Gasteiger partial charge in [-0.1, -0.05) is 0 Å². The predicted octanol–water partition coefficient (Wildman–Crippen LogP) is 0.607. The fourth-order valence-corrected chi connectivity index (χ4v) is 2.01. The van der Waals surface area contributed by atoms with Crippen molar-refractivity contribution < 1.29 is 14.7 Å². The normalized spacial score (nSPS) is 24.4. The van der Waals surface area contributed by atoms with Crippen molar-refractivity contribution in [2.24, 2.45) is 11.7 Å². The number of hydrogen-bond acceptors (Lipinski definition) is 5. The second-order valence-electron chi connectivity index (χ2n) is 5.43. The minimum absolute atomic E-state index is 0.118. The van der Waals surface area contributed by atoms with E-state index >= 15 is 0 Å². The molecule has 104 valence electrons. The average molecular weight is 259 g/mol. The maximum absolute atomic E-state index is 11.7. The molecule has 1 saturated carbocycles. The van der Waals surface area contributed by atoms with Gasteiger partial charge in [0.2, 0.25) is 5.91 Å². The largest absolute Gasteiger partial charge is 0.352 e. The Bertz CT molecular complexity index is 306. The van der Waals surface area contributed by atoms with E-state index in [0.29, 0.717) is 0 Å². The van der Waals surface area contributed by atoms with E-state index in [4.69, 9.17) is 5.73 Å². The lowest BCUT2D eigenvalue weighted by Gasteiger charge is -2.30. The molecule has 1 rings (SSSR count). The topological polar surface area (TPSA) is 107 Å². The number of carbonyl (C=O) groups excluding carboxylic acids is 1. The van der Waals surface area contributed by atoms with Crippen LogP contribution in [0.25, 0.3) is 0 Å². The molecule has 0 aliphatic heterocycles. The highest BCUT2D eigenvalue weighted by atomic mass is 16.9. The van der Waals surface area contributed by atoms with Crippen molar-refractivity contribution in [3.05, 3.63) is 10.1 Å². The molecular weight excluding hydrogens is 238 g/mol. The molecule has 18 heavy (non-hydrogen) atoms. The van der Waals surface area contributed by atoms with Crippen LogP contribution in [0.4, 0.5) is 0 Å². The number of carbonyl (C=O) groups is 1. The van der Waals surface area contributed by atoms with Gasteiger partial charge in [-0.15, -0.1) is 10.1 Å². The summed E-state index contributed by atoms with van der Waals surface area (Å²) in [4.78, 5) is 26.1. The van der Waals surface area contributed by atoms with Gasteiger partial charge in [0.25, 0.3) is 5.09 Å². The molecule has 0 aromatic heterocycles. The molecule has 1 aliphatic carbocycles. The highest BCUT2D eigenvalue weighted by Gasteiger charge is 2.27. The molecule has 0 heterocycles. The van der Waals surface area contributed by atoms with E-state index in [1.807, 2.05) is 0 Å². The van der Waals surface area contributed by atoms with Crippen LogP contribution in [0.1, 0.15) is 39.5 Å². The van der Waals surface area contributed by atoms with Crippen LogP contribution in [-0.2, 0) is 9.63 Å². The van der Waals surface area contributed by atoms with Crippen LogP contribution in [-0.4, -0.2) is 29.2 Å². The zero-order valence-corrected chi connectivity index (χ0v) is 10.8. The summed E-state index contributed by atoms with van der Waals surface area (Å²) in [5, 5.41) is 12.2. The summed E-state index contributed by atoms with van der Waals surface area (Å²) < 4.78 is 0. The van der Waals surface area contributed by atoms with E-state index in [1.165, 1.54) is 0 Å². The van der Waals surface area contributed by atoms with Gasteiger partial charge in [-0.3, -0.25) is 4.79 Å². The molecule has 1 aliphatic rings. The third-order valence-corrected chi connectivity index (χ3v) is 3.18. The van der Waals surface area contributed by atoms with E-state index < -0.39 is 10.6 Å². The summed E-state index contributed by atoms with van der Waals surface area (Å²) in [7, 11) is 0. The van der Waals surface area contributed by atoms with Crippen molar-refractivity contribution >= 4 is 5.91 Å². The fraction of sp³-hybridized carbons (Fsp3) is 0.909. The molecule has 0 atom stereocenters. The SMILES string of the molecule is CC(C)(N)C(=O)N[C@H]1CC[C@H](CO[N+](=O)[O-])CC1. The van der Waals surface area contributed by atoms with E-state index in [9.17, 15) is 14.9 Å². The molecule has 0 spiro atoms. The zero-order chi connectivity index (χ0) is 13.8. The van der Waals surface area contributed by atoms with Gasteiger partial charge in [-0.25, -0.2) is 0 Å². The minimum Gasteiger partial charge on any atom is -0.352 e. The van der Waals surface area contributed by atoms with Gasteiger partial charge in [0.15, 0.2) is 0 Å². The molecule has 1 fully saturated rings. The second-order valence-corrected chi connectivity index (χ2v) is 5.43. The molecule has 0 saturated heterocycles. The van der Waals surface area contributed by atoms with Crippen molar-refractivity contribution in [1.29, 1.82) is 0 Å². The van der Waals surface area contributed by atoms with E-state index in [0.717, 1.165) is 25.7 Å². The fourth-order valence-electron chi connectivity index (χ4n) is 2.01. The number of hydrogen-bond donors (Lipinski definition) is 2. The predicted molar refractivity (Wildman–Crippen MR) is 65.1 cm³/mol. The van der Waals surface area contributed by atoms with Crippen LogP contribution in [0.2, 0.25) is 0 Å². The molecule has 0 radical (unpaired) electrons. The van der Waals surface area contributed by atoms with Gasteiger partial charge >= 0.3 is 0 Å². The second kappa shape index (κ2) is 5.99. The van der Waals surface area contributed by atoms with Crippen molar-refractivity contribution in [1.82, 2.24) is 5.32 Å². The molecular formula is C11H21N3O4. The molecule has 0 aromatic carbocycles. The van der Waals surface area contributed by atoms with Crippen molar-refractivity contribution in [3.8, 4) is 0 Å². The Morgan fingerprint density at radius 2 is 2.00 bits per heavy atom. The van der Waals surface area contributed by atoms with Gasteiger partial charge in [-0.2, -0.15) is 0 Å². The Labute approximate surface area is 106 Å². The van der Waals surface area contributed by atoms with E-state index in [1.54, 1.807) is 13.8 Å². The first-order valence-electron chi connectivity index (χ1n) is 6.16. The van der Waals surface area contributed by atoms with Crippen LogP contribution >= 0.6 is 0 Å². The van der Waals surface area contributed by atoms with Crippen LogP contribution in [0, 0.1) is 16.0 Å². The van der Waals surface area contributed by atoms with Crippen molar-refractivity contribution in [3.63, 3.8) is 0 Å². The van der Waals surface area contributed by atoms with E-state index in [2.05, 4.69) is 10.2 Å². The number of nitrogens with zero attached hydrogens (tertiary/aromatic N) is 1. The highest BCUT2D eigenvalue weighted by molar-refractivity contribution is 5.85. The van der Waals surface area contributed by atoms with Crippen LogP contribution in [0.15, 0.2) is 0 Å². The maximum atomic E-state index is 11.7. The Morgan fingerprint density at radius 3 is 2.44 bits per heavy atom. The lowest BCUT2D eigenvalue weighted by molar-refractivity contribution is -0.759. The average Bonchev–Trinajstić information content (AvgIpc) is 2.26. The first kappa shape index (κ1) is 14.7.